The van der Waals surface area contributed by atoms with Gasteiger partial charge in [-0.05, 0) is 33.4 Å². The van der Waals surface area contributed by atoms with Crippen LogP contribution in [0.25, 0.3) is 0 Å². The molecule has 19 heavy (non-hydrogen) atoms. The molecule has 108 valence electrons. The molecular formula is C14H25N3O2. The van der Waals surface area contributed by atoms with E-state index in [-0.39, 0.29) is 12.0 Å². The molecule has 0 spiro atoms. The van der Waals surface area contributed by atoms with Gasteiger partial charge in [-0.1, -0.05) is 0 Å². The number of fused-ring (bicyclic) bond motifs is 2. The molecule has 3 aliphatic rings. The number of carbonyl (C=O) groups excluding carboxylic acids is 1. The molecule has 0 aromatic rings. The average molecular weight is 267 g/mol. The topological polar surface area (TPSA) is 36.0 Å². The number of nitrogens with zero attached hydrogens (tertiary/aromatic N) is 3. The van der Waals surface area contributed by atoms with Gasteiger partial charge in [-0.2, -0.15) is 0 Å². The van der Waals surface area contributed by atoms with Gasteiger partial charge in [0.05, 0.1) is 6.61 Å². The Balaban J connectivity index is 1.64. The Hall–Kier alpha value is -0.650. The first-order valence-electron chi connectivity index (χ1n) is 7.46. The van der Waals surface area contributed by atoms with Crippen LogP contribution in [0.3, 0.4) is 0 Å². The first-order valence-corrected chi connectivity index (χ1v) is 7.46. The number of carbonyl (C=O) groups is 1. The third-order valence-electron chi connectivity index (χ3n) is 5.01. The summed E-state index contributed by atoms with van der Waals surface area (Å²) in [7, 11) is 4.27. The highest BCUT2D eigenvalue weighted by Gasteiger charge is 2.38. The Bertz CT molecular complexity index is 350. The lowest BCUT2D eigenvalue weighted by atomic mass is 10.1. The van der Waals surface area contributed by atoms with Crippen molar-refractivity contribution in [3.8, 4) is 0 Å². The van der Waals surface area contributed by atoms with Gasteiger partial charge in [-0.25, -0.2) is 0 Å². The van der Waals surface area contributed by atoms with Crippen LogP contribution in [-0.4, -0.2) is 85.7 Å². The van der Waals surface area contributed by atoms with Crippen molar-refractivity contribution < 1.29 is 9.53 Å². The molecule has 5 nitrogen and oxygen atoms in total. The lowest BCUT2D eigenvalue weighted by molar-refractivity contribution is -0.149. The van der Waals surface area contributed by atoms with Crippen LogP contribution in [0.1, 0.15) is 19.3 Å². The maximum atomic E-state index is 12.6. The van der Waals surface area contributed by atoms with E-state index in [1.54, 1.807) is 0 Å². The van der Waals surface area contributed by atoms with E-state index in [1.165, 1.54) is 12.8 Å². The molecular weight excluding hydrogens is 242 g/mol. The van der Waals surface area contributed by atoms with Gasteiger partial charge in [0, 0.05) is 38.3 Å². The van der Waals surface area contributed by atoms with Crippen LogP contribution >= 0.6 is 0 Å². The van der Waals surface area contributed by atoms with Crippen LogP contribution in [0, 0.1) is 0 Å². The summed E-state index contributed by atoms with van der Waals surface area (Å²) in [6.07, 6.45) is 3.39. The minimum atomic E-state index is -0.249. The Kier molecular flexibility index (Phi) is 3.78. The number of rotatable bonds is 1. The van der Waals surface area contributed by atoms with E-state index in [2.05, 4.69) is 23.9 Å². The van der Waals surface area contributed by atoms with Crippen LogP contribution in [0.2, 0.25) is 0 Å². The molecule has 2 bridgehead atoms. The fourth-order valence-corrected chi connectivity index (χ4v) is 3.64. The van der Waals surface area contributed by atoms with Gasteiger partial charge in [-0.3, -0.25) is 9.69 Å². The Morgan fingerprint density at radius 1 is 1.05 bits per heavy atom. The van der Waals surface area contributed by atoms with Crippen LogP contribution in [0.15, 0.2) is 0 Å². The van der Waals surface area contributed by atoms with Gasteiger partial charge >= 0.3 is 0 Å². The van der Waals surface area contributed by atoms with Gasteiger partial charge in [0.1, 0.15) is 6.10 Å². The summed E-state index contributed by atoms with van der Waals surface area (Å²) in [6.45, 7) is 4.12. The highest BCUT2D eigenvalue weighted by atomic mass is 16.5. The smallest absolute Gasteiger partial charge is 0.253 e. The third-order valence-corrected chi connectivity index (χ3v) is 5.01. The van der Waals surface area contributed by atoms with Crippen LogP contribution in [0.5, 0.6) is 0 Å². The fourth-order valence-electron chi connectivity index (χ4n) is 3.64. The standard InChI is InChI=1S/C14H25N3O2/c1-15-7-8-19-13(10-15)14(18)17-6-5-11-3-4-12(9-17)16(11)2/h11-13H,3-10H2,1-2H3/t11-,12-,13-/m0/s1. The van der Waals surface area contributed by atoms with Crippen LogP contribution in [0.4, 0.5) is 0 Å². The number of hydrogen-bond acceptors (Lipinski definition) is 4. The van der Waals surface area contributed by atoms with E-state index in [1.807, 2.05) is 4.90 Å². The summed E-state index contributed by atoms with van der Waals surface area (Å²) in [5.74, 6) is 0.201. The average Bonchev–Trinajstić information content (AvgIpc) is 2.62. The van der Waals surface area contributed by atoms with Gasteiger partial charge in [0.2, 0.25) is 0 Å². The van der Waals surface area contributed by atoms with E-state index in [0.717, 1.165) is 32.6 Å². The highest BCUT2D eigenvalue weighted by molar-refractivity contribution is 5.81. The summed E-state index contributed by atoms with van der Waals surface area (Å²) in [6, 6.07) is 1.23. The second-order valence-corrected chi connectivity index (χ2v) is 6.25. The zero-order valence-corrected chi connectivity index (χ0v) is 12.0. The summed E-state index contributed by atoms with van der Waals surface area (Å²) >= 11 is 0. The lowest BCUT2D eigenvalue weighted by Gasteiger charge is -2.34. The quantitative estimate of drug-likeness (QED) is 0.671. The monoisotopic (exact) mass is 267 g/mol. The third kappa shape index (κ3) is 2.64. The number of morpholine rings is 1. The highest BCUT2D eigenvalue weighted by Crippen LogP contribution is 2.28. The predicted octanol–water partition coefficient (Wildman–Crippen LogP) is 0.0121. The van der Waals surface area contributed by atoms with Crippen molar-refractivity contribution in [2.24, 2.45) is 0 Å². The van der Waals surface area contributed by atoms with E-state index < -0.39 is 0 Å². The predicted molar refractivity (Wildman–Crippen MR) is 73.0 cm³/mol. The summed E-state index contributed by atoms with van der Waals surface area (Å²) in [5, 5.41) is 0. The molecule has 0 radical (unpaired) electrons. The van der Waals surface area contributed by atoms with Gasteiger partial charge in [0.25, 0.3) is 5.91 Å². The van der Waals surface area contributed by atoms with Crippen molar-refractivity contribution in [1.29, 1.82) is 0 Å². The zero-order chi connectivity index (χ0) is 13.4. The number of likely N-dealkylation sites (N-methyl/N-ethyl adjacent to an activating group) is 2. The number of hydrogen-bond donors (Lipinski definition) is 0. The summed E-state index contributed by atoms with van der Waals surface area (Å²) < 4.78 is 5.66. The van der Waals surface area contributed by atoms with Crippen molar-refractivity contribution in [1.82, 2.24) is 14.7 Å². The minimum Gasteiger partial charge on any atom is -0.366 e. The van der Waals surface area contributed by atoms with Gasteiger partial charge < -0.3 is 14.5 Å². The Morgan fingerprint density at radius 2 is 1.84 bits per heavy atom. The molecule has 3 saturated heterocycles. The molecule has 0 aliphatic carbocycles. The second-order valence-electron chi connectivity index (χ2n) is 6.25. The van der Waals surface area contributed by atoms with Gasteiger partial charge in [0.15, 0.2) is 0 Å². The molecule has 3 rings (SSSR count). The molecule has 0 aromatic carbocycles. The number of amides is 1. The van der Waals surface area contributed by atoms with Crippen LogP contribution in [-0.2, 0) is 9.53 Å². The van der Waals surface area contributed by atoms with Crippen molar-refractivity contribution in [3.05, 3.63) is 0 Å². The van der Waals surface area contributed by atoms with E-state index in [0.29, 0.717) is 18.7 Å². The molecule has 0 unspecified atom stereocenters. The molecule has 3 atom stereocenters. The molecule has 3 fully saturated rings. The maximum absolute atomic E-state index is 12.6. The first kappa shape index (κ1) is 13.3. The van der Waals surface area contributed by atoms with Gasteiger partial charge in [-0.15, -0.1) is 0 Å². The van der Waals surface area contributed by atoms with E-state index in [9.17, 15) is 4.79 Å². The Morgan fingerprint density at radius 3 is 2.63 bits per heavy atom. The second kappa shape index (κ2) is 5.38. The molecule has 0 saturated carbocycles. The fraction of sp³-hybridized carbons (Fsp3) is 0.929. The number of likely N-dealkylation sites (tertiary alicyclic amines) is 1. The molecule has 1 amide bonds. The van der Waals surface area contributed by atoms with E-state index in [4.69, 9.17) is 4.74 Å². The lowest BCUT2D eigenvalue weighted by Crippen LogP contribution is -2.51. The Labute approximate surface area is 115 Å². The number of ether oxygens (including phenoxy) is 1. The van der Waals surface area contributed by atoms with Crippen molar-refractivity contribution in [3.63, 3.8) is 0 Å². The van der Waals surface area contributed by atoms with Crippen LogP contribution < -0.4 is 0 Å². The summed E-state index contributed by atoms with van der Waals surface area (Å²) in [4.78, 5) is 19.3. The molecule has 0 N–H and O–H groups in total. The molecule has 0 aromatic heterocycles. The first-order chi connectivity index (χ1) is 9.15. The molecule has 3 aliphatic heterocycles. The molecule has 3 heterocycles. The SMILES string of the molecule is CN1CCO[C@H](C(=O)N2CC[C@@H]3CC[C@@H](C2)N3C)C1. The summed E-state index contributed by atoms with van der Waals surface area (Å²) in [5.41, 5.74) is 0. The van der Waals surface area contributed by atoms with Crippen molar-refractivity contribution in [2.45, 2.75) is 37.5 Å². The van der Waals surface area contributed by atoms with Crippen molar-refractivity contribution in [2.75, 3.05) is 46.9 Å². The zero-order valence-electron chi connectivity index (χ0n) is 12.0. The van der Waals surface area contributed by atoms with E-state index >= 15 is 0 Å². The van der Waals surface area contributed by atoms with Crippen molar-refractivity contribution >= 4 is 5.91 Å². The molecule has 5 heteroatoms. The maximum Gasteiger partial charge on any atom is 0.253 e. The largest absolute Gasteiger partial charge is 0.366 e. The normalized spacial score (nSPS) is 37.4. The minimum absolute atomic E-state index is 0.201.